The Morgan fingerprint density at radius 3 is 2.91 bits per heavy atom. The lowest BCUT2D eigenvalue weighted by Gasteiger charge is -2.29. The van der Waals surface area contributed by atoms with E-state index in [0.29, 0.717) is 17.5 Å². The van der Waals surface area contributed by atoms with Crippen molar-refractivity contribution in [2.75, 3.05) is 13.1 Å². The molecule has 3 N–H and O–H groups in total. The van der Waals surface area contributed by atoms with Crippen molar-refractivity contribution in [3.05, 3.63) is 30.0 Å². The molecule has 1 aromatic heterocycles. The van der Waals surface area contributed by atoms with Crippen LogP contribution >= 0.6 is 12.4 Å². The molecule has 1 saturated carbocycles. The number of hydrogen-bond acceptors (Lipinski definition) is 3. The molecule has 1 amide bonds. The van der Waals surface area contributed by atoms with Gasteiger partial charge in [-0.05, 0) is 30.7 Å². The number of hydrogen-bond donors (Lipinski definition) is 2. The van der Waals surface area contributed by atoms with Gasteiger partial charge in [-0.15, -0.1) is 12.4 Å². The molecule has 1 aliphatic carbocycles. The van der Waals surface area contributed by atoms with E-state index in [-0.39, 0.29) is 24.4 Å². The second-order valence-corrected chi connectivity index (χ2v) is 6.35. The zero-order chi connectivity index (χ0) is 14.4. The lowest BCUT2D eigenvalue weighted by molar-refractivity contribution is 0.0779. The van der Waals surface area contributed by atoms with Crippen molar-refractivity contribution >= 4 is 29.2 Å². The molecule has 0 spiro atoms. The van der Waals surface area contributed by atoms with Crippen LogP contribution in [0.3, 0.4) is 0 Å². The molecule has 5 nitrogen and oxygen atoms in total. The molecule has 118 valence electrons. The van der Waals surface area contributed by atoms with Crippen molar-refractivity contribution in [3.63, 3.8) is 0 Å². The van der Waals surface area contributed by atoms with E-state index in [9.17, 15) is 4.79 Å². The molecular weight excluding hydrogens is 300 g/mol. The fourth-order valence-electron chi connectivity index (χ4n) is 3.96. The quantitative estimate of drug-likeness (QED) is 0.845. The van der Waals surface area contributed by atoms with E-state index < -0.39 is 0 Å². The molecule has 6 heteroatoms. The van der Waals surface area contributed by atoms with E-state index in [1.54, 1.807) is 0 Å². The maximum absolute atomic E-state index is 12.8. The average molecular weight is 321 g/mol. The average Bonchev–Trinajstić information content (AvgIpc) is 3.11. The molecule has 3 unspecified atom stereocenters. The Labute approximate surface area is 135 Å². The number of aromatic amines is 1. The molecule has 22 heavy (non-hydrogen) atoms. The number of halogens is 1. The number of nitrogens with two attached hydrogens (primary N) is 1. The van der Waals surface area contributed by atoms with Crippen molar-refractivity contribution < 1.29 is 4.79 Å². The van der Waals surface area contributed by atoms with Crippen LogP contribution in [-0.4, -0.2) is 40.1 Å². The standard InChI is InChI=1S/C16H20N4O.ClH/c17-13-6-3-4-10-8-20(9-12(10)13)16(21)15-11-5-1-2-7-14(11)18-19-15;/h1-2,5,7,10,12-13H,3-4,6,8-9,17H2,(H,18,19);1H. The van der Waals surface area contributed by atoms with Crippen LogP contribution in [0.25, 0.3) is 10.9 Å². The first-order valence-corrected chi connectivity index (χ1v) is 7.72. The second kappa shape index (κ2) is 5.89. The normalized spacial score (nSPS) is 27.5. The summed E-state index contributed by atoms with van der Waals surface area (Å²) in [6.07, 6.45) is 3.48. The molecule has 2 heterocycles. The van der Waals surface area contributed by atoms with Crippen molar-refractivity contribution in [2.45, 2.75) is 25.3 Å². The number of nitrogens with one attached hydrogen (secondary N) is 1. The monoisotopic (exact) mass is 320 g/mol. The maximum atomic E-state index is 12.8. The largest absolute Gasteiger partial charge is 0.337 e. The van der Waals surface area contributed by atoms with Crippen molar-refractivity contribution in [2.24, 2.45) is 17.6 Å². The molecule has 4 rings (SSSR count). The van der Waals surface area contributed by atoms with E-state index in [0.717, 1.165) is 30.4 Å². The Kier molecular flexibility index (Phi) is 4.10. The van der Waals surface area contributed by atoms with Crippen LogP contribution in [0.2, 0.25) is 0 Å². The fourth-order valence-corrected chi connectivity index (χ4v) is 3.96. The van der Waals surface area contributed by atoms with Crippen LogP contribution in [0.15, 0.2) is 24.3 Å². The minimum Gasteiger partial charge on any atom is -0.337 e. The van der Waals surface area contributed by atoms with Gasteiger partial charge in [-0.2, -0.15) is 5.10 Å². The number of carbonyl (C=O) groups excluding carboxylic acids is 1. The van der Waals surface area contributed by atoms with Gasteiger partial charge in [0.05, 0.1) is 5.52 Å². The molecular formula is C16H21ClN4O. The summed E-state index contributed by atoms with van der Waals surface area (Å²) in [6, 6.07) is 8.02. The van der Waals surface area contributed by atoms with Gasteiger partial charge in [0.1, 0.15) is 0 Å². The third-order valence-electron chi connectivity index (χ3n) is 5.11. The highest BCUT2D eigenvalue weighted by Crippen LogP contribution is 2.36. The molecule has 2 aromatic rings. The van der Waals surface area contributed by atoms with E-state index in [1.807, 2.05) is 29.2 Å². The van der Waals surface area contributed by atoms with E-state index in [4.69, 9.17) is 5.73 Å². The smallest absolute Gasteiger partial charge is 0.275 e. The highest BCUT2D eigenvalue weighted by molar-refractivity contribution is 6.04. The number of fused-ring (bicyclic) bond motifs is 2. The summed E-state index contributed by atoms with van der Waals surface area (Å²) in [5, 5.41) is 8.07. The zero-order valence-electron chi connectivity index (χ0n) is 12.4. The molecule has 1 aromatic carbocycles. The van der Waals surface area contributed by atoms with E-state index in [2.05, 4.69) is 10.2 Å². The first-order valence-electron chi connectivity index (χ1n) is 7.72. The van der Waals surface area contributed by atoms with Crippen LogP contribution < -0.4 is 5.73 Å². The summed E-state index contributed by atoms with van der Waals surface area (Å²) >= 11 is 0. The number of rotatable bonds is 1. The minimum atomic E-state index is 0. The predicted octanol–water partition coefficient (Wildman–Crippen LogP) is 2.18. The number of H-pyrrole nitrogens is 1. The van der Waals surface area contributed by atoms with Crippen LogP contribution in [-0.2, 0) is 0 Å². The fraction of sp³-hybridized carbons (Fsp3) is 0.500. The number of benzene rings is 1. The Morgan fingerprint density at radius 1 is 1.27 bits per heavy atom. The van der Waals surface area contributed by atoms with Gasteiger partial charge in [-0.3, -0.25) is 9.89 Å². The molecule has 0 radical (unpaired) electrons. The number of nitrogens with zero attached hydrogens (tertiary/aromatic N) is 2. The highest BCUT2D eigenvalue weighted by atomic mass is 35.5. The third-order valence-corrected chi connectivity index (χ3v) is 5.11. The highest BCUT2D eigenvalue weighted by Gasteiger charge is 2.41. The lowest BCUT2D eigenvalue weighted by atomic mass is 9.78. The van der Waals surface area contributed by atoms with Crippen LogP contribution in [0.4, 0.5) is 0 Å². The van der Waals surface area contributed by atoms with Gasteiger partial charge < -0.3 is 10.6 Å². The SMILES string of the molecule is Cl.NC1CCCC2CN(C(=O)c3n[nH]c4ccccc34)CC12. The van der Waals surface area contributed by atoms with Gasteiger partial charge in [0.25, 0.3) is 5.91 Å². The number of carbonyl (C=O) groups is 1. The van der Waals surface area contributed by atoms with Gasteiger partial charge in [-0.1, -0.05) is 24.6 Å². The Morgan fingerprint density at radius 2 is 2.09 bits per heavy atom. The van der Waals surface area contributed by atoms with Crippen molar-refractivity contribution in [1.82, 2.24) is 15.1 Å². The maximum Gasteiger partial charge on any atom is 0.275 e. The van der Waals surface area contributed by atoms with Gasteiger partial charge >= 0.3 is 0 Å². The summed E-state index contributed by atoms with van der Waals surface area (Å²) in [6.45, 7) is 1.62. The van der Waals surface area contributed by atoms with E-state index in [1.165, 1.54) is 12.8 Å². The van der Waals surface area contributed by atoms with Gasteiger partial charge in [0, 0.05) is 24.5 Å². The number of amides is 1. The summed E-state index contributed by atoms with van der Waals surface area (Å²) in [5.41, 5.74) is 7.68. The minimum absolute atomic E-state index is 0. The lowest BCUT2D eigenvalue weighted by Crippen LogP contribution is -2.38. The van der Waals surface area contributed by atoms with Gasteiger partial charge in [-0.25, -0.2) is 0 Å². The topological polar surface area (TPSA) is 75.0 Å². The molecule has 2 aliphatic rings. The molecule has 1 saturated heterocycles. The Bertz CT molecular complexity index is 686. The number of aromatic nitrogens is 2. The summed E-state index contributed by atoms with van der Waals surface area (Å²) in [5.74, 6) is 1.07. The first kappa shape index (κ1) is 15.3. The van der Waals surface area contributed by atoms with Crippen LogP contribution in [0.1, 0.15) is 29.8 Å². The molecule has 3 atom stereocenters. The molecule has 2 fully saturated rings. The van der Waals surface area contributed by atoms with Gasteiger partial charge in [0.15, 0.2) is 5.69 Å². The predicted molar refractivity (Wildman–Crippen MR) is 88.1 cm³/mol. The van der Waals surface area contributed by atoms with Crippen molar-refractivity contribution in [1.29, 1.82) is 0 Å². The second-order valence-electron chi connectivity index (χ2n) is 6.35. The van der Waals surface area contributed by atoms with Gasteiger partial charge in [0.2, 0.25) is 0 Å². The zero-order valence-corrected chi connectivity index (χ0v) is 13.2. The number of likely N-dealkylation sites (tertiary alicyclic amines) is 1. The molecule has 0 bridgehead atoms. The van der Waals surface area contributed by atoms with Crippen molar-refractivity contribution in [3.8, 4) is 0 Å². The Balaban J connectivity index is 0.00000144. The van der Waals surface area contributed by atoms with Crippen LogP contribution in [0.5, 0.6) is 0 Å². The summed E-state index contributed by atoms with van der Waals surface area (Å²) in [4.78, 5) is 14.7. The third kappa shape index (κ3) is 2.38. The summed E-state index contributed by atoms with van der Waals surface area (Å²) in [7, 11) is 0. The first-order chi connectivity index (χ1) is 10.2. The van der Waals surface area contributed by atoms with Crippen LogP contribution in [0, 0.1) is 11.8 Å². The molecule has 1 aliphatic heterocycles. The number of para-hydroxylation sites is 1. The Hall–Kier alpha value is -1.59. The summed E-state index contributed by atoms with van der Waals surface area (Å²) < 4.78 is 0. The van der Waals surface area contributed by atoms with E-state index >= 15 is 0 Å².